The van der Waals surface area contributed by atoms with Gasteiger partial charge in [-0.15, -0.1) is 0 Å². The Morgan fingerprint density at radius 1 is 1.50 bits per heavy atom. The molecule has 1 saturated carbocycles. The van der Waals surface area contributed by atoms with Gasteiger partial charge in [-0.2, -0.15) is 0 Å². The lowest BCUT2D eigenvalue weighted by Crippen LogP contribution is -2.35. The number of hydrogen-bond acceptors (Lipinski definition) is 2. The molecule has 0 saturated heterocycles. The molecule has 98 valence electrons. The smallest absolute Gasteiger partial charge is 0.223 e. The molecule has 2 rings (SSSR count). The zero-order valence-corrected chi connectivity index (χ0v) is 11.2. The van der Waals surface area contributed by atoms with Gasteiger partial charge in [-0.3, -0.25) is 4.79 Å². The van der Waals surface area contributed by atoms with Crippen molar-refractivity contribution in [3.63, 3.8) is 0 Å². The number of amides is 1. The van der Waals surface area contributed by atoms with Crippen molar-refractivity contribution in [2.24, 2.45) is 11.3 Å². The number of nitrogen functional groups attached to an aromatic ring is 1. The number of nitrogens with two attached hydrogens (primary N) is 1. The minimum Gasteiger partial charge on any atom is -0.399 e. The van der Waals surface area contributed by atoms with E-state index in [1.54, 1.807) is 0 Å². The first kappa shape index (κ1) is 12.9. The largest absolute Gasteiger partial charge is 0.399 e. The Bertz CT molecular complexity index is 440. The van der Waals surface area contributed by atoms with Crippen LogP contribution in [0.3, 0.4) is 0 Å². The van der Waals surface area contributed by atoms with Crippen molar-refractivity contribution in [1.29, 1.82) is 0 Å². The topological polar surface area (TPSA) is 55.1 Å². The summed E-state index contributed by atoms with van der Waals surface area (Å²) in [5.41, 5.74) is 7.65. The molecule has 18 heavy (non-hydrogen) atoms. The van der Waals surface area contributed by atoms with Crippen LogP contribution in [0.25, 0.3) is 0 Å². The molecule has 1 aromatic carbocycles. The summed E-state index contributed by atoms with van der Waals surface area (Å²) >= 11 is 0. The van der Waals surface area contributed by atoms with Crippen LogP contribution in [0, 0.1) is 11.3 Å². The molecule has 1 aromatic rings. The van der Waals surface area contributed by atoms with Crippen molar-refractivity contribution >= 4 is 11.6 Å². The highest BCUT2D eigenvalue weighted by Crippen LogP contribution is 2.42. The molecule has 1 fully saturated rings. The lowest BCUT2D eigenvalue weighted by atomic mass is 9.81. The third kappa shape index (κ3) is 2.84. The molecular weight excluding hydrogens is 224 g/mol. The van der Waals surface area contributed by atoms with Gasteiger partial charge in [0.05, 0.1) is 0 Å². The van der Waals surface area contributed by atoms with Gasteiger partial charge in [0.15, 0.2) is 0 Å². The first-order valence-electron chi connectivity index (χ1n) is 6.61. The molecular formula is C15H22N2O. The first-order chi connectivity index (χ1) is 8.49. The van der Waals surface area contributed by atoms with Crippen LogP contribution >= 0.6 is 0 Å². The number of hydrogen-bond donors (Lipinski definition) is 2. The van der Waals surface area contributed by atoms with Crippen LogP contribution < -0.4 is 11.1 Å². The van der Waals surface area contributed by atoms with E-state index in [1.165, 1.54) is 0 Å². The van der Waals surface area contributed by atoms with Gasteiger partial charge in [-0.1, -0.05) is 32.4 Å². The number of benzene rings is 1. The predicted octanol–water partition coefficient (Wildman–Crippen LogP) is 2.71. The quantitative estimate of drug-likeness (QED) is 0.806. The maximum atomic E-state index is 12.2. The Morgan fingerprint density at radius 2 is 2.28 bits per heavy atom. The average molecular weight is 246 g/mol. The Hall–Kier alpha value is -1.51. The van der Waals surface area contributed by atoms with Crippen molar-refractivity contribution in [1.82, 2.24) is 5.32 Å². The number of rotatable bonds is 3. The highest BCUT2D eigenvalue weighted by Gasteiger charge is 2.38. The molecule has 3 N–H and O–H groups in total. The number of anilines is 1. The molecule has 0 aromatic heterocycles. The summed E-state index contributed by atoms with van der Waals surface area (Å²) in [4.78, 5) is 12.2. The summed E-state index contributed by atoms with van der Waals surface area (Å²) in [6.07, 6.45) is 3.31. The Morgan fingerprint density at radius 3 is 2.89 bits per heavy atom. The summed E-state index contributed by atoms with van der Waals surface area (Å²) in [7, 11) is 0. The number of carbonyl (C=O) groups is 1. The summed E-state index contributed by atoms with van der Waals surface area (Å²) in [6, 6.07) is 7.65. The van der Waals surface area contributed by atoms with E-state index in [1.807, 2.05) is 24.3 Å². The minimum atomic E-state index is 0.139. The fraction of sp³-hybridized carbons (Fsp3) is 0.533. The van der Waals surface area contributed by atoms with E-state index in [0.717, 1.165) is 30.5 Å². The molecule has 0 radical (unpaired) electrons. The predicted molar refractivity (Wildman–Crippen MR) is 73.8 cm³/mol. The second kappa shape index (κ2) is 5.01. The van der Waals surface area contributed by atoms with Crippen molar-refractivity contribution < 1.29 is 4.79 Å². The molecule has 3 nitrogen and oxygen atoms in total. The maximum Gasteiger partial charge on any atom is 0.223 e. The zero-order valence-electron chi connectivity index (χ0n) is 11.2. The molecule has 3 heteroatoms. The van der Waals surface area contributed by atoms with Gasteiger partial charge in [0.25, 0.3) is 0 Å². The molecule has 0 aliphatic heterocycles. The second-order valence-electron chi connectivity index (χ2n) is 5.90. The second-order valence-corrected chi connectivity index (χ2v) is 5.90. The Balaban J connectivity index is 1.93. The fourth-order valence-corrected chi connectivity index (χ4v) is 2.83. The average Bonchev–Trinajstić information content (AvgIpc) is 2.66. The van der Waals surface area contributed by atoms with Crippen molar-refractivity contribution in [2.75, 3.05) is 5.73 Å². The van der Waals surface area contributed by atoms with E-state index in [4.69, 9.17) is 5.73 Å². The minimum absolute atomic E-state index is 0.139. The monoisotopic (exact) mass is 246 g/mol. The van der Waals surface area contributed by atoms with Gasteiger partial charge in [0.1, 0.15) is 0 Å². The summed E-state index contributed by atoms with van der Waals surface area (Å²) in [5.74, 6) is 0.332. The Kier molecular flexibility index (Phi) is 3.60. The lowest BCUT2D eigenvalue weighted by molar-refractivity contribution is -0.127. The van der Waals surface area contributed by atoms with Crippen LogP contribution in [0.4, 0.5) is 5.69 Å². The molecule has 0 heterocycles. The van der Waals surface area contributed by atoms with Crippen LogP contribution in [0.1, 0.15) is 38.7 Å². The number of nitrogens with one attached hydrogen (secondary N) is 1. The van der Waals surface area contributed by atoms with Gasteiger partial charge in [-0.25, -0.2) is 0 Å². The molecule has 1 amide bonds. The maximum absolute atomic E-state index is 12.2. The van der Waals surface area contributed by atoms with E-state index in [-0.39, 0.29) is 17.2 Å². The lowest BCUT2D eigenvalue weighted by Gasteiger charge is -2.25. The van der Waals surface area contributed by atoms with E-state index in [9.17, 15) is 4.79 Å². The SMILES string of the molecule is CC1(C)CCCC1C(=O)NCc1cccc(N)c1. The highest BCUT2D eigenvalue weighted by molar-refractivity contribution is 5.79. The van der Waals surface area contributed by atoms with E-state index in [2.05, 4.69) is 19.2 Å². The van der Waals surface area contributed by atoms with Crippen LogP contribution in [0.5, 0.6) is 0 Å². The van der Waals surface area contributed by atoms with Crippen LogP contribution in [-0.4, -0.2) is 5.91 Å². The van der Waals surface area contributed by atoms with Crippen molar-refractivity contribution in [3.8, 4) is 0 Å². The Labute approximate surface area is 109 Å². The van der Waals surface area contributed by atoms with Gasteiger partial charge in [0.2, 0.25) is 5.91 Å². The zero-order chi connectivity index (χ0) is 13.2. The van der Waals surface area contributed by atoms with Gasteiger partial charge < -0.3 is 11.1 Å². The summed E-state index contributed by atoms with van der Waals surface area (Å²) in [5, 5.41) is 3.03. The van der Waals surface area contributed by atoms with Gasteiger partial charge in [0, 0.05) is 18.2 Å². The standard InChI is InChI=1S/C15H22N2O/c1-15(2)8-4-7-13(15)14(18)17-10-11-5-3-6-12(16)9-11/h3,5-6,9,13H,4,7-8,10,16H2,1-2H3,(H,17,18). The van der Waals surface area contributed by atoms with E-state index >= 15 is 0 Å². The molecule has 1 aliphatic rings. The molecule has 1 aliphatic carbocycles. The summed E-state index contributed by atoms with van der Waals surface area (Å²) in [6.45, 7) is 4.94. The molecule has 1 atom stereocenters. The third-order valence-electron chi connectivity index (χ3n) is 3.99. The fourth-order valence-electron chi connectivity index (χ4n) is 2.83. The van der Waals surface area contributed by atoms with Crippen molar-refractivity contribution in [3.05, 3.63) is 29.8 Å². The first-order valence-corrected chi connectivity index (χ1v) is 6.61. The normalized spacial score (nSPS) is 21.8. The van der Waals surface area contributed by atoms with E-state index < -0.39 is 0 Å². The third-order valence-corrected chi connectivity index (χ3v) is 3.99. The molecule has 1 unspecified atom stereocenters. The molecule has 0 spiro atoms. The van der Waals surface area contributed by atoms with Gasteiger partial charge >= 0.3 is 0 Å². The van der Waals surface area contributed by atoms with E-state index in [0.29, 0.717) is 6.54 Å². The van der Waals surface area contributed by atoms with Crippen LogP contribution in [0.15, 0.2) is 24.3 Å². The van der Waals surface area contributed by atoms with Crippen LogP contribution in [-0.2, 0) is 11.3 Å². The van der Waals surface area contributed by atoms with Gasteiger partial charge in [-0.05, 0) is 36.0 Å². The number of carbonyl (C=O) groups excluding carboxylic acids is 1. The highest BCUT2D eigenvalue weighted by atomic mass is 16.1. The molecule has 0 bridgehead atoms. The summed E-state index contributed by atoms with van der Waals surface area (Å²) < 4.78 is 0. The van der Waals surface area contributed by atoms with Crippen molar-refractivity contribution in [2.45, 2.75) is 39.7 Å². The van der Waals surface area contributed by atoms with Crippen LogP contribution in [0.2, 0.25) is 0 Å².